The van der Waals surface area contributed by atoms with Gasteiger partial charge in [0.1, 0.15) is 5.75 Å². The van der Waals surface area contributed by atoms with Crippen LogP contribution in [0.1, 0.15) is 5.56 Å². The second-order valence-electron chi connectivity index (χ2n) is 4.69. The largest absolute Gasteiger partial charge is 0.437 e. The van der Waals surface area contributed by atoms with E-state index in [1.165, 1.54) is 12.4 Å². The van der Waals surface area contributed by atoms with E-state index in [0.717, 1.165) is 16.3 Å². The number of primary amides is 1. The quantitative estimate of drug-likeness (QED) is 0.802. The van der Waals surface area contributed by atoms with E-state index in [9.17, 15) is 4.79 Å². The summed E-state index contributed by atoms with van der Waals surface area (Å²) in [6.45, 7) is 0. The van der Waals surface area contributed by atoms with Crippen molar-refractivity contribution in [1.29, 1.82) is 0 Å². The number of fused-ring (bicyclic) bond motifs is 1. The first-order valence-electron chi connectivity index (χ1n) is 6.58. The van der Waals surface area contributed by atoms with Gasteiger partial charge in [-0.05, 0) is 17.0 Å². The fourth-order valence-corrected chi connectivity index (χ4v) is 2.39. The zero-order valence-electron chi connectivity index (χ0n) is 11.5. The average Bonchev–Trinajstić information content (AvgIpc) is 2.49. The van der Waals surface area contributed by atoms with Crippen LogP contribution in [0, 0.1) is 0 Å². The van der Waals surface area contributed by atoms with Crippen LogP contribution in [0.3, 0.4) is 0 Å². The summed E-state index contributed by atoms with van der Waals surface area (Å²) in [7, 11) is 0. The number of hydrogen-bond acceptors (Lipinski definition) is 4. The van der Waals surface area contributed by atoms with Gasteiger partial charge in [-0.25, -0.2) is 0 Å². The SMILES string of the molecule is NC(=O)Cc1ccc(Oc2cncc(Cl)n2)c2ccccc12. The van der Waals surface area contributed by atoms with E-state index < -0.39 is 0 Å². The van der Waals surface area contributed by atoms with Crippen molar-refractivity contribution < 1.29 is 9.53 Å². The second kappa shape index (κ2) is 5.99. The molecule has 1 heterocycles. The molecule has 6 heteroatoms. The van der Waals surface area contributed by atoms with Crippen LogP contribution in [-0.4, -0.2) is 15.9 Å². The first-order valence-corrected chi connectivity index (χ1v) is 6.95. The average molecular weight is 314 g/mol. The minimum Gasteiger partial charge on any atom is -0.437 e. The van der Waals surface area contributed by atoms with Gasteiger partial charge >= 0.3 is 0 Å². The Morgan fingerprint density at radius 2 is 1.91 bits per heavy atom. The molecule has 0 bridgehead atoms. The maximum Gasteiger partial charge on any atom is 0.239 e. The Bertz CT molecular complexity index is 852. The third kappa shape index (κ3) is 2.99. The standard InChI is InChI=1S/C16H12ClN3O2/c17-14-8-19-9-16(20-14)22-13-6-5-10(7-15(18)21)11-3-1-2-4-12(11)13/h1-6,8-9H,7H2,(H2,18,21). The van der Waals surface area contributed by atoms with Gasteiger partial charge in [0, 0.05) is 5.39 Å². The van der Waals surface area contributed by atoms with Gasteiger partial charge in [0.2, 0.25) is 11.8 Å². The lowest BCUT2D eigenvalue weighted by molar-refractivity contribution is -0.117. The molecule has 2 N–H and O–H groups in total. The van der Waals surface area contributed by atoms with Crippen molar-refractivity contribution >= 4 is 28.3 Å². The number of aromatic nitrogens is 2. The molecule has 0 spiro atoms. The molecule has 0 aliphatic rings. The Labute approximate surface area is 131 Å². The molecule has 0 saturated carbocycles. The zero-order valence-corrected chi connectivity index (χ0v) is 12.2. The predicted octanol–water partition coefficient (Wildman–Crippen LogP) is 3.10. The van der Waals surface area contributed by atoms with Crippen molar-refractivity contribution in [2.75, 3.05) is 0 Å². The summed E-state index contributed by atoms with van der Waals surface area (Å²) < 4.78 is 5.76. The van der Waals surface area contributed by atoms with Crippen molar-refractivity contribution in [2.45, 2.75) is 6.42 Å². The number of halogens is 1. The number of hydrogen-bond donors (Lipinski definition) is 1. The first kappa shape index (κ1) is 14.3. The monoisotopic (exact) mass is 313 g/mol. The third-order valence-electron chi connectivity index (χ3n) is 3.14. The van der Waals surface area contributed by atoms with Crippen LogP contribution in [0.25, 0.3) is 10.8 Å². The molecule has 3 rings (SSSR count). The van der Waals surface area contributed by atoms with Gasteiger partial charge in [-0.2, -0.15) is 4.98 Å². The van der Waals surface area contributed by atoms with E-state index in [-0.39, 0.29) is 17.5 Å². The van der Waals surface area contributed by atoms with E-state index in [4.69, 9.17) is 22.1 Å². The number of nitrogens with two attached hydrogens (primary N) is 1. The van der Waals surface area contributed by atoms with Crippen molar-refractivity contribution in [2.24, 2.45) is 5.73 Å². The molecular weight excluding hydrogens is 302 g/mol. The summed E-state index contributed by atoms with van der Waals surface area (Å²) in [6.07, 6.45) is 3.10. The Morgan fingerprint density at radius 1 is 1.14 bits per heavy atom. The van der Waals surface area contributed by atoms with Crippen LogP contribution >= 0.6 is 11.6 Å². The topological polar surface area (TPSA) is 78.1 Å². The highest BCUT2D eigenvalue weighted by Crippen LogP contribution is 2.31. The summed E-state index contributed by atoms with van der Waals surface area (Å²) in [5.74, 6) is 0.542. The van der Waals surface area contributed by atoms with Crippen molar-refractivity contribution in [3.8, 4) is 11.6 Å². The molecule has 1 amide bonds. The second-order valence-corrected chi connectivity index (χ2v) is 5.08. The minimum atomic E-state index is -0.375. The van der Waals surface area contributed by atoms with Gasteiger partial charge in [0.15, 0.2) is 5.15 Å². The highest BCUT2D eigenvalue weighted by atomic mass is 35.5. The molecular formula is C16H12ClN3O2. The minimum absolute atomic E-state index is 0.178. The molecule has 2 aromatic carbocycles. The Kier molecular flexibility index (Phi) is 3.89. The van der Waals surface area contributed by atoms with Crippen LogP contribution in [0.5, 0.6) is 11.6 Å². The number of ether oxygens (including phenoxy) is 1. The van der Waals surface area contributed by atoms with Crippen LogP contribution in [-0.2, 0) is 11.2 Å². The van der Waals surface area contributed by atoms with E-state index in [0.29, 0.717) is 11.6 Å². The molecule has 0 atom stereocenters. The maximum absolute atomic E-state index is 11.2. The van der Waals surface area contributed by atoms with E-state index in [2.05, 4.69) is 9.97 Å². The third-order valence-corrected chi connectivity index (χ3v) is 3.32. The summed E-state index contributed by atoms with van der Waals surface area (Å²) in [5, 5.41) is 2.03. The number of benzene rings is 2. The van der Waals surface area contributed by atoms with Crippen LogP contribution in [0.4, 0.5) is 0 Å². The smallest absolute Gasteiger partial charge is 0.239 e. The summed E-state index contributed by atoms with van der Waals surface area (Å²) >= 11 is 5.81. The summed E-state index contributed by atoms with van der Waals surface area (Å²) in [5.41, 5.74) is 6.14. The number of carbonyl (C=O) groups excluding carboxylic acids is 1. The van der Waals surface area contributed by atoms with E-state index in [1.54, 1.807) is 6.07 Å². The van der Waals surface area contributed by atoms with Crippen molar-refractivity contribution in [3.05, 3.63) is 59.5 Å². The van der Waals surface area contributed by atoms with Crippen molar-refractivity contribution in [3.63, 3.8) is 0 Å². The summed E-state index contributed by atoms with van der Waals surface area (Å²) in [4.78, 5) is 19.2. The maximum atomic E-state index is 11.2. The van der Waals surface area contributed by atoms with Gasteiger partial charge in [-0.3, -0.25) is 9.78 Å². The van der Waals surface area contributed by atoms with Crippen LogP contribution < -0.4 is 10.5 Å². The number of nitrogens with zero attached hydrogens (tertiary/aromatic N) is 2. The number of amides is 1. The van der Waals surface area contributed by atoms with Crippen molar-refractivity contribution in [1.82, 2.24) is 9.97 Å². The lowest BCUT2D eigenvalue weighted by Gasteiger charge is -2.11. The fraction of sp³-hybridized carbons (Fsp3) is 0.0625. The Hall–Kier alpha value is -2.66. The van der Waals surface area contributed by atoms with Gasteiger partial charge in [-0.1, -0.05) is 41.9 Å². The Balaban J connectivity index is 2.06. The fourth-order valence-electron chi connectivity index (χ4n) is 2.25. The molecule has 22 heavy (non-hydrogen) atoms. The highest BCUT2D eigenvalue weighted by molar-refractivity contribution is 6.29. The molecule has 0 unspecified atom stereocenters. The zero-order chi connectivity index (χ0) is 15.5. The summed E-state index contributed by atoms with van der Waals surface area (Å²) in [6, 6.07) is 11.2. The first-order chi connectivity index (χ1) is 10.6. The van der Waals surface area contributed by atoms with Crippen LogP contribution in [0.2, 0.25) is 5.15 Å². The molecule has 110 valence electrons. The predicted molar refractivity (Wildman–Crippen MR) is 84.0 cm³/mol. The lowest BCUT2D eigenvalue weighted by atomic mass is 10.0. The van der Waals surface area contributed by atoms with E-state index >= 15 is 0 Å². The Morgan fingerprint density at radius 3 is 2.64 bits per heavy atom. The molecule has 1 aromatic heterocycles. The molecule has 0 fully saturated rings. The molecule has 0 aliphatic heterocycles. The highest BCUT2D eigenvalue weighted by Gasteiger charge is 2.10. The molecule has 0 radical (unpaired) electrons. The molecule has 0 aliphatic carbocycles. The normalized spacial score (nSPS) is 10.6. The molecule has 5 nitrogen and oxygen atoms in total. The molecule has 0 saturated heterocycles. The van der Waals surface area contributed by atoms with Gasteiger partial charge in [0.25, 0.3) is 0 Å². The van der Waals surface area contributed by atoms with Gasteiger partial charge in [0.05, 0.1) is 18.8 Å². The van der Waals surface area contributed by atoms with Gasteiger partial charge in [-0.15, -0.1) is 0 Å². The lowest BCUT2D eigenvalue weighted by Crippen LogP contribution is -2.13. The van der Waals surface area contributed by atoms with E-state index in [1.807, 2.05) is 30.3 Å². The molecule has 3 aromatic rings. The van der Waals surface area contributed by atoms with Crippen LogP contribution in [0.15, 0.2) is 48.8 Å². The number of rotatable bonds is 4. The van der Waals surface area contributed by atoms with Gasteiger partial charge < -0.3 is 10.5 Å². The number of carbonyl (C=O) groups is 1.